The van der Waals surface area contributed by atoms with Gasteiger partial charge in [-0.05, 0) is 36.4 Å². The average molecular weight is 394 g/mol. The molecular weight excluding hydrogens is 381 g/mol. The molecule has 0 aliphatic heterocycles. The molecule has 2 N–H and O–H groups in total. The Morgan fingerprint density at radius 2 is 1.86 bits per heavy atom. The zero-order valence-electron chi connectivity index (χ0n) is 14.4. The number of nitrogens with two attached hydrogens (primary N) is 1. The molecule has 3 rings (SSSR count). The van der Waals surface area contributed by atoms with E-state index in [1.54, 1.807) is 24.3 Å². The summed E-state index contributed by atoms with van der Waals surface area (Å²) in [5.74, 6) is -0.754. The number of halogens is 3. The number of rotatable bonds is 5. The number of ether oxygens (including phenoxy) is 1. The number of hydrogen-bond donors (Lipinski definition) is 1. The standard InChI is InChI=1S/C17H13F3N4O4/c1-27-10-4-2-9(3-5-10)15-23-22-13(28-15)8-24-12(17(18,19)20)7-6-11(14(21)25)16(24)26/h2-7H,8H2,1H3,(H2,21,25). The molecule has 146 valence electrons. The van der Waals surface area contributed by atoms with Crippen LogP contribution in [0.3, 0.4) is 0 Å². The largest absolute Gasteiger partial charge is 0.497 e. The fourth-order valence-corrected chi connectivity index (χ4v) is 2.47. The summed E-state index contributed by atoms with van der Waals surface area (Å²) >= 11 is 0. The van der Waals surface area contributed by atoms with Crippen molar-refractivity contribution < 1.29 is 27.1 Å². The lowest BCUT2D eigenvalue weighted by Gasteiger charge is -2.14. The van der Waals surface area contributed by atoms with Crippen molar-refractivity contribution in [3.05, 3.63) is 63.9 Å². The number of methoxy groups -OCH3 is 1. The smallest absolute Gasteiger partial charge is 0.431 e. The minimum atomic E-state index is -4.84. The Balaban J connectivity index is 1.99. The van der Waals surface area contributed by atoms with Gasteiger partial charge in [0.1, 0.15) is 23.6 Å². The highest BCUT2D eigenvalue weighted by atomic mass is 19.4. The van der Waals surface area contributed by atoms with Crippen molar-refractivity contribution in [2.75, 3.05) is 7.11 Å². The molecule has 0 atom stereocenters. The van der Waals surface area contributed by atoms with Gasteiger partial charge in [0.2, 0.25) is 11.8 Å². The minimum absolute atomic E-state index is 0.0466. The van der Waals surface area contributed by atoms with Gasteiger partial charge >= 0.3 is 6.18 Å². The molecule has 1 aromatic carbocycles. The number of carbonyl (C=O) groups excluding carboxylic acids is 1. The van der Waals surface area contributed by atoms with Crippen LogP contribution in [0.2, 0.25) is 0 Å². The van der Waals surface area contributed by atoms with E-state index < -0.39 is 35.4 Å². The Kier molecular flexibility index (Phi) is 4.91. The number of hydrogen-bond acceptors (Lipinski definition) is 6. The quantitative estimate of drug-likeness (QED) is 0.709. The number of alkyl halides is 3. The molecule has 8 nitrogen and oxygen atoms in total. The van der Waals surface area contributed by atoms with E-state index in [4.69, 9.17) is 14.9 Å². The van der Waals surface area contributed by atoms with Gasteiger partial charge in [-0.2, -0.15) is 13.2 Å². The van der Waals surface area contributed by atoms with Crippen LogP contribution in [0.4, 0.5) is 13.2 Å². The first-order valence-electron chi connectivity index (χ1n) is 7.78. The van der Waals surface area contributed by atoms with E-state index in [9.17, 15) is 22.8 Å². The van der Waals surface area contributed by atoms with E-state index >= 15 is 0 Å². The summed E-state index contributed by atoms with van der Waals surface area (Å²) in [6, 6.07) is 7.86. The molecule has 0 bridgehead atoms. The predicted molar refractivity (Wildman–Crippen MR) is 89.6 cm³/mol. The molecule has 28 heavy (non-hydrogen) atoms. The lowest BCUT2D eigenvalue weighted by molar-refractivity contribution is -0.144. The third kappa shape index (κ3) is 3.72. The summed E-state index contributed by atoms with van der Waals surface area (Å²) in [6.07, 6.45) is -4.84. The van der Waals surface area contributed by atoms with Gasteiger partial charge in [-0.1, -0.05) is 0 Å². The van der Waals surface area contributed by atoms with Crippen LogP contribution < -0.4 is 16.0 Å². The van der Waals surface area contributed by atoms with E-state index in [0.717, 1.165) is 6.07 Å². The average Bonchev–Trinajstić information content (AvgIpc) is 3.10. The molecule has 0 radical (unpaired) electrons. The second kappa shape index (κ2) is 7.18. The third-order valence-corrected chi connectivity index (χ3v) is 3.83. The van der Waals surface area contributed by atoms with Crippen molar-refractivity contribution in [3.8, 4) is 17.2 Å². The number of benzene rings is 1. The number of carbonyl (C=O) groups is 1. The van der Waals surface area contributed by atoms with Crippen molar-refractivity contribution in [1.82, 2.24) is 14.8 Å². The highest BCUT2D eigenvalue weighted by Crippen LogP contribution is 2.29. The summed E-state index contributed by atoms with van der Waals surface area (Å²) < 4.78 is 50.5. The maximum absolute atomic E-state index is 13.3. The topological polar surface area (TPSA) is 113 Å². The van der Waals surface area contributed by atoms with E-state index in [-0.39, 0.29) is 11.8 Å². The van der Waals surface area contributed by atoms with E-state index in [1.807, 2.05) is 0 Å². The predicted octanol–water partition coefficient (Wildman–Crippen LogP) is 2.07. The number of primary amides is 1. The SMILES string of the molecule is COc1ccc(-c2nnc(Cn3c(C(F)(F)F)ccc(C(N)=O)c3=O)o2)cc1. The summed E-state index contributed by atoms with van der Waals surface area (Å²) in [7, 11) is 1.50. The maximum atomic E-state index is 13.3. The first-order valence-corrected chi connectivity index (χ1v) is 7.78. The maximum Gasteiger partial charge on any atom is 0.431 e. The molecule has 0 saturated carbocycles. The van der Waals surface area contributed by atoms with Crippen LogP contribution in [0, 0.1) is 0 Å². The van der Waals surface area contributed by atoms with Crippen molar-refractivity contribution in [3.63, 3.8) is 0 Å². The molecule has 0 aliphatic rings. The van der Waals surface area contributed by atoms with Crippen molar-refractivity contribution >= 4 is 5.91 Å². The Morgan fingerprint density at radius 3 is 2.43 bits per heavy atom. The molecule has 0 fully saturated rings. The summed E-state index contributed by atoms with van der Waals surface area (Å²) in [5.41, 5.74) is 2.50. The van der Waals surface area contributed by atoms with Gasteiger partial charge in [-0.25, -0.2) is 0 Å². The summed E-state index contributed by atoms with van der Waals surface area (Å²) in [6.45, 7) is -0.683. The molecule has 1 amide bonds. The normalized spacial score (nSPS) is 11.4. The van der Waals surface area contributed by atoms with E-state index in [2.05, 4.69) is 10.2 Å². The highest BCUT2D eigenvalue weighted by Gasteiger charge is 2.35. The second-order valence-corrected chi connectivity index (χ2v) is 5.62. The summed E-state index contributed by atoms with van der Waals surface area (Å²) in [5, 5.41) is 7.45. The van der Waals surface area contributed by atoms with Crippen molar-refractivity contribution in [2.45, 2.75) is 12.7 Å². The Morgan fingerprint density at radius 1 is 1.18 bits per heavy atom. The van der Waals surface area contributed by atoms with Crippen molar-refractivity contribution in [2.24, 2.45) is 5.73 Å². The second-order valence-electron chi connectivity index (χ2n) is 5.62. The minimum Gasteiger partial charge on any atom is -0.497 e. The third-order valence-electron chi connectivity index (χ3n) is 3.83. The van der Waals surface area contributed by atoms with Gasteiger partial charge in [0.25, 0.3) is 11.5 Å². The van der Waals surface area contributed by atoms with Gasteiger partial charge in [0.15, 0.2) is 0 Å². The van der Waals surface area contributed by atoms with Gasteiger partial charge in [0.05, 0.1) is 7.11 Å². The van der Waals surface area contributed by atoms with Crippen LogP contribution in [-0.4, -0.2) is 27.8 Å². The monoisotopic (exact) mass is 394 g/mol. The fraction of sp³-hybridized carbons (Fsp3) is 0.176. The van der Waals surface area contributed by atoms with Crippen LogP contribution in [-0.2, 0) is 12.7 Å². The molecule has 2 aromatic heterocycles. The molecule has 11 heteroatoms. The van der Waals surface area contributed by atoms with Gasteiger partial charge < -0.3 is 14.9 Å². The number of nitrogens with zero attached hydrogens (tertiary/aromatic N) is 3. The van der Waals surface area contributed by atoms with E-state index in [0.29, 0.717) is 21.9 Å². The van der Waals surface area contributed by atoms with Crippen LogP contribution in [0.5, 0.6) is 5.75 Å². The molecular formula is C17H13F3N4O4. The van der Waals surface area contributed by atoms with Crippen LogP contribution in [0.1, 0.15) is 21.9 Å². The van der Waals surface area contributed by atoms with Crippen LogP contribution >= 0.6 is 0 Å². The Hall–Kier alpha value is -3.63. The Labute approximate surface area is 155 Å². The first kappa shape index (κ1) is 19.1. The lowest BCUT2D eigenvalue weighted by Crippen LogP contribution is -2.34. The molecule has 0 spiro atoms. The summed E-state index contributed by atoms with van der Waals surface area (Å²) in [4.78, 5) is 23.6. The molecule has 2 heterocycles. The van der Waals surface area contributed by atoms with Gasteiger partial charge in [-0.3, -0.25) is 14.2 Å². The molecule has 0 aliphatic carbocycles. The molecule has 0 unspecified atom stereocenters. The van der Waals surface area contributed by atoms with Gasteiger partial charge in [-0.15, -0.1) is 10.2 Å². The fourth-order valence-electron chi connectivity index (χ4n) is 2.47. The van der Waals surface area contributed by atoms with Crippen molar-refractivity contribution in [1.29, 1.82) is 0 Å². The first-order chi connectivity index (χ1) is 13.2. The van der Waals surface area contributed by atoms with Crippen LogP contribution in [0.25, 0.3) is 11.5 Å². The molecule has 0 saturated heterocycles. The highest BCUT2D eigenvalue weighted by molar-refractivity contribution is 5.92. The zero-order valence-corrected chi connectivity index (χ0v) is 14.4. The zero-order chi connectivity index (χ0) is 20.5. The lowest BCUT2D eigenvalue weighted by atomic mass is 10.2. The molecule has 3 aromatic rings. The number of pyridine rings is 1. The number of aromatic nitrogens is 3. The van der Waals surface area contributed by atoms with Gasteiger partial charge in [0, 0.05) is 5.56 Å². The Bertz CT molecular complexity index is 1070. The van der Waals surface area contributed by atoms with E-state index in [1.165, 1.54) is 7.11 Å². The van der Waals surface area contributed by atoms with Crippen LogP contribution in [0.15, 0.2) is 45.6 Å². The number of amides is 1.